The number of ether oxygens (including phenoxy) is 1. The molecule has 1 heterocycles. The van der Waals surface area contributed by atoms with Crippen LogP contribution in [0, 0.1) is 0 Å². The van der Waals surface area contributed by atoms with Crippen molar-refractivity contribution in [2.45, 2.75) is 19.8 Å². The van der Waals surface area contributed by atoms with Crippen molar-refractivity contribution in [3.8, 4) is 0 Å². The Morgan fingerprint density at radius 2 is 2.28 bits per heavy atom. The molecule has 18 heavy (non-hydrogen) atoms. The quantitative estimate of drug-likeness (QED) is 0.770. The van der Waals surface area contributed by atoms with Crippen molar-refractivity contribution in [1.29, 1.82) is 0 Å². The number of carbonyl (C=O) groups excluding carboxylic acids is 1. The van der Waals surface area contributed by atoms with E-state index in [1.165, 1.54) is 0 Å². The summed E-state index contributed by atoms with van der Waals surface area (Å²) in [7, 11) is 0. The minimum Gasteiger partial charge on any atom is -0.382 e. The first-order valence-electron chi connectivity index (χ1n) is 6.12. The van der Waals surface area contributed by atoms with E-state index < -0.39 is 0 Å². The van der Waals surface area contributed by atoms with Gasteiger partial charge in [-0.2, -0.15) is 0 Å². The number of aromatic nitrogens is 2. The molecule has 0 aliphatic carbocycles. The summed E-state index contributed by atoms with van der Waals surface area (Å²) < 4.78 is 5.18. The van der Waals surface area contributed by atoms with E-state index in [9.17, 15) is 4.79 Å². The van der Waals surface area contributed by atoms with Crippen molar-refractivity contribution in [2.24, 2.45) is 0 Å². The van der Waals surface area contributed by atoms with Gasteiger partial charge in [-0.3, -0.25) is 10.1 Å². The number of hydrogen-bond acceptors (Lipinski definition) is 3. The lowest BCUT2D eigenvalue weighted by molar-refractivity contribution is -0.116. The van der Waals surface area contributed by atoms with Gasteiger partial charge in [0.25, 0.3) is 0 Å². The molecule has 0 saturated heterocycles. The van der Waals surface area contributed by atoms with E-state index in [1.54, 1.807) is 0 Å². The zero-order chi connectivity index (χ0) is 12.8. The molecule has 5 heteroatoms. The standard InChI is InChI=1S/C13H17N3O2/c1-2-18-9-5-8-12(17)16-13-14-10-6-3-4-7-11(10)15-13/h3-4,6-7H,2,5,8-9H2,1H3,(H2,14,15,16,17). The third-order valence-corrected chi connectivity index (χ3v) is 2.54. The van der Waals surface area contributed by atoms with Gasteiger partial charge in [-0.15, -0.1) is 0 Å². The maximum absolute atomic E-state index is 11.6. The summed E-state index contributed by atoms with van der Waals surface area (Å²) in [6.45, 7) is 3.24. The zero-order valence-corrected chi connectivity index (χ0v) is 10.4. The van der Waals surface area contributed by atoms with Gasteiger partial charge in [0.15, 0.2) is 0 Å². The number of aromatic amines is 1. The average molecular weight is 247 g/mol. The first-order valence-corrected chi connectivity index (χ1v) is 6.12. The molecule has 5 nitrogen and oxygen atoms in total. The van der Waals surface area contributed by atoms with Crippen LogP contribution in [0.15, 0.2) is 24.3 Å². The number of amides is 1. The summed E-state index contributed by atoms with van der Waals surface area (Å²) in [5.74, 6) is 0.450. The van der Waals surface area contributed by atoms with E-state index in [0.717, 1.165) is 17.5 Å². The number of anilines is 1. The molecule has 1 aromatic heterocycles. The van der Waals surface area contributed by atoms with Crippen LogP contribution >= 0.6 is 0 Å². The summed E-state index contributed by atoms with van der Waals surface area (Å²) in [6, 6.07) is 7.66. The van der Waals surface area contributed by atoms with Gasteiger partial charge in [-0.1, -0.05) is 12.1 Å². The van der Waals surface area contributed by atoms with E-state index in [2.05, 4.69) is 15.3 Å². The monoisotopic (exact) mass is 247 g/mol. The highest BCUT2D eigenvalue weighted by atomic mass is 16.5. The molecule has 2 rings (SSSR count). The van der Waals surface area contributed by atoms with Crippen molar-refractivity contribution in [1.82, 2.24) is 9.97 Å². The Kier molecular flexibility index (Phi) is 4.30. The smallest absolute Gasteiger partial charge is 0.226 e. The number of para-hydroxylation sites is 2. The Balaban J connectivity index is 1.86. The van der Waals surface area contributed by atoms with Crippen LogP contribution in [0.4, 0.5) is 5.95 Å². The number of H-pyrrole nitrogens is 1. The van der Waals surface area contributed by atoms with Crippen LogP contribution in [0.1, 0.15) is 19.8 Å². The van der Waals surface area contributed by atoms with Crippen molar-refractivity contribution in [3.05, 3.63) is 24.3 Å². The molecule has 1 aromatic carbocycles. The fraction of sp³-hybridized carbons (Fsp3) is 0.385. The van der Waals surface area contributed by atoms with Gasteiger partial charge in [0.1, 0.15) is 0 Å². The highest BCUT2D eigenvalue weighted by molar-refractivity contribution is 5.90. The molecular weight excluding hydrogens is 230 g/mol. The summed E-state index contributed by atoms with van der Waals surface area (Å²) >= 11 is 0. The van der Waals surface area contributed by atoms with Gasteiger partial charge in [0.05, 0.1) is 11.0 Å². The minimum absolute atomic E-state index is 0.0474. The van der Waals surface area contributed by atoms with Gasteiger partial charge in [0.2, 0.25) is 11.9 Å². The van der Waals surface area contributed by atoms with Crippen LogP contribution in [0.5, 0.6) is 0 Å². The molecule has 0 unspecified atom stereocenters. The van der Waals surface area contributed by atoms with Crippen molar-refractivity contribution in [2.75, 3.05) is 18.5 Å². The van der Waals surface area contributed by atoms with E-state index in [4.69, 9.17) is 4.74 Å². The van der Waals surface area contributed by atoms with E-state index in [1.807, 2.05) is 31.2 Å². The Bertz CT molecular complexity index is 489. The molecule has 0 fully saturated rings. The molecule has 0 spiro atoms. The summed E-state index contributed by atoms with van der Waals surface area (Å²) in [5.41, 5.74) is 1.77. The first-order chi connectivity index (χ1) is 8.79. The number of hydrogen-bond donors (Lipinski definition) is 2. The van der Waals surface area contributed by atoms with E-state index in [0.29, 0.717) is 25.6 Å². The fourth-order valence-electron chi connectivity index (χ4n) is 1.69. The maximum Gasteiger partial charge on any atom is 0.226 e. The number of nitrogens with one attached hydrogen (secondary N) is 2. The topological polar surface area (TPSA) is 67.0 Å². The molecule has 2 aromatic rings. The van der Waals surface area contributed by atoms with Gasteiger partial charge in [-0.25, -0.2) is 4.98 Å². The number of nitrogens with zero attached hydrogens (tertiary/aromatic N) is 1. The number of benzene rings is 1. The van der Waals surface area contributed by atoms with E-state index >= 15 is 0 Å². The van der Waals surface area contributed by atoms with Gasteiger partial charge >= 0.3 is 0 Å². The van der Waals surface area contributed by atoms with Crippen LogP contribution in [-0.4, -0.2) is 29.1 Å². The number of imidazole rings is 1. The molecular formula is C13H17N3O2. The summed E-state index contributed by atoms with van der Waals surface area (Å²) in [6.07, 6.45) is 1.16. The Hall–Kier alpha value is -1.88. The number of rotatable bonds is 6. The second kappa shape index (κ2) is 6.16. The molecule has 0 radical (unpaired) electrons. The van der Waals surface area contributed by atoms with Crippen LogP contribution in [0.25, 0.3) is 11.0 Å². The Morgan fingerprint density at radius 1 is 1.44 bits per heavy atom. The third-order valence-electron chi connectivity index (χ3n) is 2.54. The fourth-order valence-corrected chi connectivity index (χ4v) is 1.69. The predicted octanol–water partition coefficient (Wildman–Crippen LogP) is 2.32. The highest BCUT2D eigenvalue weighted by Crippen LogP contribution is 2.13. The summed E-state index contributed by atoms with van der Waals surface area (Å²) in [5, 5.41) is 2.75. The molecule has 0 aliphatic heterocycles. The number of fused-ring (bicyclic) bond motifs is 1. The van der Waals surface area contributed by atoms with Crippen LogP contribution in [0.3, 0.4) is 0 Å². The second-order valence-electron chi connectivity index (χ2n) is 3.95. The molecule has 0 atom stereocenters. The lowest BCUT2D eigenvalue weighted by Gasteiger charge is -2.02. The van der Waals surface area contributed by atoms with Gasteiger partial charge in [0, 0.05) is 19.6 Å². The SMILES string of the molecule is CCOCCCC(=O)Nc1nc2ccccc2[nH]1. The molecule has 2 N–H and O–H groups in total. The molecule has 1 amide bonds. The van der Waals surface area contributed by atoms with Crippen molar-refractivity contribution < 1.29 is 9.53 Å². The average Bonchev–Trinajstić information content (AvgIpc) is 2.76. The normalized spacial score (nSPS) is 10.7. The summed E-state index contributed by atoms with van der Waals surface area (Å²) in [4.78, 5) is 19.0. The Morgan fingerprint density at radius 3 is 3.06 bits per heavy atom. The molecule has 96 valence electrons. The maximum atomic E-state index is 11.6. The van der Waals surface area contributed by atoms with Gasteiger partial charge < -0.3 is 9.72 Å². The largest absolute Gasteiger partial charge is 0.382 e. The first kappa shape index (κ1) is 12.6. The third kappa shape index (κ3) is 3.30. The highest BCUT2D eigenvalue weighted by Gasteiger charge is 2.06. The van der Waals surface area contributed by atoms with Crippen molar-refractivity contribution >= 4 is 22.9 Å². The lowest BCUT2D eigenvalue weighted by Crippen LogP contribution is -2.13. The van der Waals surface area contributed by atoms with Gasteiger partial charge in [-0.05, 0) is 25.5 Å². The van der Waals surface area contributed by atoms with Crippen LogP contribution in [0.2, 0.25) is 0 Å². The molecule has 0 saturated carbocycles. The van der Waals surface area contributed by atoms with Crippen LogP contribution in [-0.2, 0) is 9.53 Å². The zero-order valence-electron chi connectivity index (χ0n) is 10.4. The van der Waals surface area contributed by atoms with Crippen LogP contribution < -0.4 is 5.32 Å². The minimum atomic E-state index is -0.0474. The second-order valence-corrected chi connectivity index (χ2v) is 3.95. The molecule has 0 aliphatic rings. The Labute approximate surface area is 106 Å². The number of carbonyl (C=O) groups is 1. The lowest BCUT2D eigenvalue weighted by atomic mass is 10.3. The molecule has 0 bridgehead atoms. The van der Waals surface area contributed by atoms with Crippen molar-refractivity contribution in [3.63, 3.8) is 0 Å². The predicted molar refractivity (Wildman–Crippen MR) is 70.5 cm³/mol. The van der Waals surface area contributed by atoms with E-state index in [-0.39, 0.29) is 5.91 Å².